The first-order valence-corrected chi connectivity index (χ1v) is 5.84. The molecule has 5 nitrogen and oxygen atoms in total. The van der Waals surface area contributed by atoms with Gasteiger partial charge in [-0.15, -0.1) is 0 Å². The summed E-state index contributed by atoms with van der Waals surface area (Å²) in [5.74, 6) is 0.00553. The van der Waals surface area contributed by atoms with Crippen molar-refractivity contribution in [3.05, 3.63) is 24.0 Å². The minimum atomic E-state index is 0.00553. The number of nitrogen functional groups attached to an aromatic ring is 1. The third kappa shape index (κ3) is 2.94. The van der Waals surface area contributed by atoms with Crippen LogP contribution < -0.4 is 10.6 Å². The highest BCUT2D eigenvalue weighted by atomic mass is 16.5. The van der Waals surface area contributed by atoms with Crippen LogP contribution in [0.2, 0.25) is 0 Å². The van der Waals surface area contributed by atoms with E-state index in [1.54, 1.807) is 6.20 Å². The van der Waals surface area contributed by atoms with Crippen LogP contribution in [-0.4, -0.2) is 36.6 Å². The van der Waals surface area contributed by atoms with Gasteiger partial charge in [-0.05, 0) is 25.5 Å². The van der Waals surface area contributed by atoms with Crippen LogP contribution >= 0.6 is 0 Å². The monoisotopic (exact) mass is 234 g/mol. The molecule has 0 aromatic carbocycles. The van der Waals surface area contributed by atoms with Crippen LogP contribution in [0.1, 0.15) is 19.0 Å². The molecule has 0 bridgehead atoms. The summed E-state index contributed by atoms with van der Waals surface area (Å²) in [6.45, 7) is 4.71. The molecule has 1 fully saturated rings. The number of pyridine rings is 1. The number of rotatable bonds is 2. The van der Waals surface area contributed by atoms with Gasteiger partial charge in [0, 0.05) is 31.6 Å². The third-order valence-corrected chi connectivity index (χ3v) is 2.84. The molecule has 1 aliphatic rings. The van der Waals surface area contributed by atoms with E-state index in [9.17, 15) is 0 Å². The van der Waals surface area contributed by atoms with Crippen molar-refractivity contribution < 1.29 is 4.74 Å². The molecule has 1 aromatic heterocycles. The molecule has 1 unspecified atom stereocenters. The van der Waals surface area contributed by atoms with Gasteiger partial charge < -0.3 is 15.4 Å². The summed E-state index contributed by atoms with van der Waals surface area (Å²) in [6.07, 6.45) is 2.94. The molecule has 0 saturated carbocycles. The van der Waals surface area contributed by atoms with E-state index in [-0.39, 0.29) is 11.9 Å². The average molecular weight is 234 g/mol. The zero-order valence-corrected chi connectivity index (χ0v) is 10.0. The minimum Gasteiger partial charge on any atom is -0.382 e. The van der Waals surface area contributed by atoms with E-state index in [2.05, 4.69) is 16.8 Å². The minimum absolute atomic E-state index is 0.00553. The van der Waals surface area contributed by atoms with Crippen LogP contribution in [0.4, 0.5) is 5.69 Å². The lowest BCUT2D eigenvalue weighted by atomic mass is 10.2. The number of aromatic nitrogens is 1. The summed E-state index contributed by atoms with van der Waals surface area (Å²) in [7, 11) is 0. The van der Waals surface area contributed by atoms with Crippen molar-refractivity contribution in [1.29, 1.82) is 5.41 Å². The quantitative estimate of drug-likeness (QED) is 0.591. The Morgan fingerprint density at radius 3 is 3.24 bits per heavy atom. The maximum absolute atomic E-state index is 7.40. The third-order valence-electron chi connectivity index (χ3n) is 2.84. The van der Waals surface area contributed by atoms with E-state index in [4.69, 9.17) is 15.9 Å². The highest BCUT2D eigenvalue weighted by molar-refractivity contribution is 5.93. The maximum atomic E-state index is 7.40. The number of nitrogens with two attached hydrogens (primary N) is 1. The molecule has 0 aliphatic carbocycles. The van der Waals surface area contributed by atoms with E-state index in [0.717, 1.165) is 31.8 Å². The molecule has 2 rings (SSSR count). The summed E-state index contributed by atoms with van der Waals surface area (Å²) >= 11 is 0. The molecule has 2 heterocycles. The van der Waals surface area contributed by atoms with Crippen LogP contribution in [-0.2, 0) is 4.74 Å². The van der Waals surface area contributed by atoms with Gasteiger partial charge in [0.05, 0.1) is 6.10 Å². The van der Waals surface area contributed by atoms with E-state index in [1.165, 1.54) is 0 Å². The van der Waals surface area contributed by atoms with Crippen molar-refractivity contribution in [2.75, 3.05) is 24.6 Å². The predicted octanol–water partition coefficient (Wildman–Crippen LogP) is 0.981. The van der Waals surface area contributed by atoms with Gasteiger partial charge in [-0.1, -0.05) is 0 Å². The molecular weight excluding hydrogens is 216 g/mol. The molecule has 0 radical (unpaired) electrons. The molecule has 3 N–H and O–H groups in total. The smallest absolute Gasteiger partial charge is 0.141 e. The Labute approximate surface area is 101 Å². The molecule has 92 valence electrons. The Morgan fingerprint density at radius 2 is 2.47 bits per heavy atom. The fraction of sp³-hybridized carbons (Fsp3) is 0.500. The SMILES string of the molecule is CC1CN(c2ccnc(C(=N)N)c2)CCCO1. The second-order valence-corrected chi connectivity index (χ2v) is 4.29. The van der Waals surface area contributed by atoms with Gasteiger partial charge in [0.15, 0.2) is 0 Å². The first kappa shape index (κ1) is 11.9. The zero-order valence-electron chi connectivity index (χ0n) is 10.0. The first-order chi connectivity index (χ1) is 8.16. The number of hydrogen-bond acceptors (Lipinski definition) is 4. The van der Waals surface area contributed by atoms with Gasteiger partial charge in [0.2, 0.25) is 0 Å². The molecule has 5 heteroatoms. The van der Waals surface area contributed by atoms with Gasteiger partial charge in [-0.2, -0.15) is 0 Å². The fourth-order valence-corrected chi connectivity index (χ4v) is 1.99. The molecule has 1 aromatic rings. The van der Waals surface area contributed by atoms with Crippen molar-refractivity contribution in [2.24, 2.45) is 5.73 Å². The molecule has 17 heavy (non-hydrogen) atoms. The number of anilines is 1. The number of nitrogens with one attached hydrogen (secondary N) is 1. The molecule has 1 aliphatic heterocycles. The van der Waals surface area contributed by atoms with Crippen molar-refractivity contribution in [1.82, 2.24) is 4.98 Å². The van der Waals surface area contributed by atoms with E-state index in [0.29, 0.717) is 5.69 Å². The maximum Gasteiger partial charge on any atom is 0.141 e. The van der Waals surface area contributed by atoms with Gasteiger partial charge in [-0.3, -0.25) is 10.4 Å². The fourth-order valence-electron chi connectivity index (χ4n) is 1.99. The van der Waals surface area contributed by atoms with E-state index in [1.807, 2.05) is 12.1 Å². The van der Waals surface area contributed by atoms with Crippen LogP contribution in [0.15, 0.2) is 18.3 Å². The molecular formula is C12H18N4O. The average Bonchev–Trinajstić information content (AvgIpc) is 2.54. The van der Waals surface area contributed by atoms with Crippen LogP contribution in [0.25, 0.3) is 0 Å². The Hall–Kier alpha value is -1.62. The van der Waals surface area contributed by atoms with Gasteiger partial charge in [-0.25, -0.2) is 0 Å². The van der Waals surface area contributed by atoms with Crippen molar-refractivity contribution in [2.45, 2.75) is 19.4 Å². The Bertz CT molecular complexity index is 407. The lowest BCUT2D eigenvalue weighted by molar-refractivity contribution is 0.0821. The Morgan fingerprint density at radius 1 is 1.65 bits per heavy atom. The number of ether oxygens (including phenoxy) is 1. The van der Waals surface area contributed by atoms with Crippen molar-refractivity contribution >= 4 is 11.5 Å². The number of nitrogens with zero attached hydrogens (tertiary/aromatic N) is 2. The predicted molar refractivity (Wildman–Crippen MR) is 67.5 cm³/mol. The Balaban J connectivity index is 2.20. The summed E-state index contributed by atoms with van der Waals surface area (Å²) in [5, 5.41) is 7.40. The molecule has 1 atom stereocenters. The Kier molecular flexibility index (Phi) is 3.58. The molecule has 0 spiro atoms. The zero-order chi connectivity index (χ0) is 12.3. The normalized spacial score (nSPS) is 21.0. The van der Waals surface area contributed by atoms with Crippen LogP contribution in [0.5, 0.6) is 0 Å². The highest BCUT2D eigenvalue weighted by Crippen LogP contribution is 2.17. The highest BCUT2D eigenvalue weighted by Gasteiger charge is 2.16. The largest absolute Gasteiger partial charge is 0.382 e. The van der Waals surface area contributed by atoms with E-state index < -0.39 is 0 Å². The van der Waals surface area contributed by atoms with Gasteiger partial charge in [0.25, 0.3) is 0 Å². The van der Waals surface area contributed by atoms with Gasteiger partial charge in [0.1, 0.15) is 11.5 Å². The lowest BCUT2D eigenvalue weighted by Crippen LogP contribution is -2.30. The standard InChI is InChI=1S/C12H18N4O/c1-9-8-16(5-2-6-17-9)10-3-4-15-11(7-10)12(13)14/h3-4,7,9H,2,5-6,8H2,1H3,(H3,13,14). The van der Waals surface area contributed by atoms with Gasteiger partial charge >= 0.3 is 0 Å². The topological polar surface area (TPSA) is 75.2 Å². The second-order valence-electron chi connectivity index (χ2n) is 4.29. The summed E-state index contributed by atoms with van der Waals surface area (Å²) in [5.41, 5.74) is 7.03. The molecule has 1 saturated heterocycles. The first-order valence-electron chi connectivity index (χ1n) is 5.84. The van der Waals surface area contributed by atoms with Crippen LogP contribution in [0.3, 0.4) is 0 Å². The number of hydrogen-bond donors (Lipinski definition) is 2. The number of amidine groups is 1. The van der Waals surface area contributed by atoms with Crippen LogP contribution in [0, 0.1) is 5.41 Å². The van der Waals surface area contributed by atoms with Crippen molar-refractivity contribution in [3.63, 3.8) is 0 Å². The van der Waals surface area contributed by atoms with Crippen molar-refractivity contribution in [3.8, 4) is 0 Å². The summed E-state index contributed by atoms with van der Waals surface area (Å²) in [4.78, 5) is 6.32. The van der Waals surface area contributed by atoms with E-state index >= 15 is 0 Å². The summed E-state index contributed by atoms with van der Waals surface area (Å²) < 4.78 is 5.61. The summed E-state index contributed by atoms with van der Waals surface area (Å²) in [6, 6.07) is 3.81. The second kappa shape index (κ2) is 5.14. The molecule has 0 amide bonds. The lowest BCUT2D eigenvalue weighted by Gasteiger charge is -2.24.